The third-order valence-electron chi connectivity index (χ3n) is 3.21. The summed E-state index contributed by atoms with van der Waals surface area (Å²) in [5.41, 5.74) is 0.519. The molecule has 1 saturated carbocycles. The molecule has 1 aliphatic carbocycles. The van der Waals surface area contributed by atoms with Crippen LogP contribution < -0.4 is 5.32 Å². The number of rotatable bonds is 3. The van der Waals surface area contributed by atoms with Crippen molar-refractivity contribution in [1.29, 1.82) is 0 Å². The molecule has 0 unspecified atom stereocenters. The summed E-state index contributed by atoms with van der Waals surface area (Å²) >= 11 is 0. The molecule has 1 aliphatic rings. The van der Waals surface area contributed by atoms with Crippen molar-refractivity contribution in [1.82, 2.24) is 5.32 Å². The lowest BCUT2D eigenvalue weighted by Gasteiger charge is -2.14. The first-order valence-corrected chi connectivity index (χ1v) is 5.30. The van der Waals surface area contributed by atoms with Gasteiger partial charge in [-0.3, -0.25) is 0 Å². The summed E-state index contributed by atoms with van der Waals surface area (Å²) in [4.78, 5) is 0. The first kappa shape index (κ1) is 11.5. The van der Waals surface area contributed by atoms with Gasteiger partial charge < -0.3 is 5.32 Å². The third-order valence-corrected chi connectivity index (χ3v) is 3.21. The molecule has 16 heavy (non-hydrogen) atoms. The molecule has 1 N–H and O–H groups in total. The smallest absolute Gasteiger partial charge is 0.314 e. The number of hydrogen-bond donors (Lipinski definition) is 1. The van der Waals surface area contributed by atoms with Gasteiger partial charge in [0.05, 0.1) is 5.56 Å². The Hall–Kier alpha value is -1.03. The molecule has 1 aromatic rings. The predicted octanol–water partition coefficient (Wildman–Crippen LogP) is 3.00. The molecule has 0 heterocycles. The first-order chi connectivity index (χ1) is 7.45. The maximum atomic E-state index is 12.3. The fourth-order valence-electron chi connectivity index (χ4n) is 1.87. The monoisotopic (exact) mass is 229 g/mol. The van der Waals surface area contributed by atoms with Crippen molar-refractivity contribution in [2.24, 2.45) is 0 Å². The molecule has 88 valence electrons. The van der Waals surface area contributed by atoms with Crippen molar-refractivity contribution < 1.29 is 13.2 Å². The van der Waals surface area contributed by atoms with Gasteiger partial charge in [-0.25, -0.2) is 0 Å². The summed E-state index contributed by atoms with van der Waals surface area (Å²) < 4.78 is 37.0. The van der Waals surface area contributed by atoms with Crippen LogP contribution in [0.3, 0.4) is 0 Å². The Kier molecular flexibility index (Phi) is 2.70. The van der Waals surface area contributed by atoms with Crippen molar-refractivity contribution in [3.63, 3.8) is 0 Å². The Labute approximate surface area is 92.7 Å². The summed E-state index contributed by atoms with van der Waals surface area (Å²) in [6.45, 7) is 0. The number of nitrogens with one attached hydrogen (secondary N) is 1. The van der Waals surface area contributed by atoms with Gasteiger partial charge in [0.1, 0.15) is 0 Å². The number of alkyl halides is 3. The van der Waals surface area contributed by atoms with E-state index in [1.165, 1.54) is 0 Å². The first-order valence-electron chi connectivity index (χ1n) is 5.30. The molecular weight excluding hydrogens is 215 g/mol. The van der Waals surface area contributed by atoms with Crippen molar-refractivity contribution in [3.05, 3.63) is 35.4 Å². The summed E-state index contributed by atoms with van der Waals surface area (Å²) in [5, 5.41) is 3.22. The van der Waals surface area contributed by atoms with Gasteiger partial charge in [-0.05, 0) is 44.0 Å². The molecule has 4 heteroatoms. The Morgan fingerprint density at radius 1 is 1.19 bits per heavy atom. The van der Waals surface area contributed by atoms with Gasteiger partial charge in [-0.15, -0.1) is 0 Å². The van der Waals surface area contributed by atoms with Crippen LogP contribution in [0.25, 0.3) is 0 Å². The lowest BCUT2D eigenvalue weighted by Crippen LogP contribution is -2.29. The zero-order chi connectivity index (χ0) is 11.8. The van der Waals surface area contributed by atoms with Crippen molar-refractivity contribution >= 4 is 0 Å². The third kappa shape index (κ3) is 2.38. The van der Waals surface area contributed by atoms with E-state index in [0.717, 1.165) is 37.0 Å². The van der Waals surface area contributed by atoms with Crippen LogP contribution in [0.4, 0.5) is 13.2 Å². The summed E-state index contributed by atoms with van der Waals surface area (Å²) in [6.07, 6.45) is -1.23. The maximum Gasteiger partial charge on any atom is 0.416 e. The van der Waals surface area contributed by atoms with Crippen LogP contribution in [0.2, 0.25) is 0 Å². The summed E-state index contributed by atoms with van der Waals surface area (Å²) in [6, 6.07) is 5.45. The Balaban J connectivity index is 2.08. The van der Waals surface area contributed by atoms with E-state index >= 15 is 0 Å². The lowest BCUT2D eigenvalue weighted by molar-refractivity contribution is -0.137. The van der Waals surface area contributed by atoms with Gasteiger partial charge in [0.15, 0.2) is 0 Å². The highest BCUT2D eigenvalue weighted by Gasteiger charge is 2.40. The average molecular weight is 229 g/mol. The summed E-state index contributed by atoms with van der Waals surface area (Å²) in [5.74, 6) is 0. The highest BCUT2D eigenvalue weighted by molar-refractivity contribution is 5.27. The van der Waals surface area contributed by atoms with Crippen molar-refractivity contribution in [2.75, 3.05) is 7.05 Å². The molecule has 0 amide bonds. The number of hydrogen-bond acceptors (Lipinski definition) is 1. The van der Waals surface area contributed by atoms with E-state index in [1.54, 1.807) is 12.1 Å². The normalized spacial score (nSPS) is 18.5. The van der Waals surface area contributed by atoms with Crippen LogP contribution in [0.15, 0.2) is 24.3 Å². The zero-order valence-electron chi connectivity index (χ0n) is 9.06. The zero-order valence-corrected chi connectivity index (χ0v) is 9.06. The Bertz CT molecular complexity index is 363. The fourth-order valence-corrected chi connectivity index (χ4v) is 1.87. The van der Waals surface area contributed by atoms with Gasteiger partial charge in [0.25, 0.3) is 0 Å². The van der Waals surface area contributed by atoms with Gasteiger partial charge in [-0.2, -0.15) is 13.2 Å². The topological polar surface area (TPSA) is 12.0 Å². The Morgan fingerprint density at radius 3 is 2.12 bits per heavy atom. The minimum Gasteiger partial charge on any atom is -0.314 e. The van der Waals surface area contributed by atoms with Gasteiger partial charge in [0, 0.05) is 5.54 Å². The molecule has 2 rings (SSSR count). The van der Waals surface area contributed by atoms with Crippen LogP contribution in [0.5, 0.6) is 0 Å². The van der Waals surface area contributed by atoms with E-state index in [2.05, 4.69) is 5.32 Å². The van der Waals surface area contributed by atoms with Crippen molar-refractivity contribution in [3.8, 4) is 0 Å². The second-order valence-electron chi connectivity index (χ2n) is 4.40. The van der Waals surface area contributed by atoms with E-state index < -0.39 is 11.7 Å². The molecule has 1 aromatic carbocycles. The quantitative estimate of drug-likeness (QED) is 0.840. The SMILES string of the molecule is CNC1(Cc2ccc(C(F)(F)F)cc2)CC1. The van der Waals surface area contributed by atoms with Crippen LogP contribution >= 0.6 is 0 Å². The second-order valence-corrected chi connectivity index (χ2v) is 4.40. The van der Waals surface area contributed by atoms with Gasteiger partial charge >= 0.3 is 6.18 Å². The molecule has 0 spiro atoms. The van der Waals surface area contributed by atoms with E-state index in [9.17, 15) is 13.2 Å². The predicted molar refractivity (Wildman–Crippen MR) is 56.2 cm³/mol. The van der Waals surface area contributed by atoms with E-state index in [-0.39, 0.29) is 5.54 Å². The fraction of sp³-hybridized carbons (Fsp3) is 0.500. The van der Waals surface area contributed by atoms with Crippen LogP contribution in [0.1, 0.15) is 24.0 Å². The minimum atomic E-state index is -4.24. The van der Waals surface area contributed by atoms with Crippen LogP contribution in [0, 0.1) is 0 Å². The lowest BCUT2D eigenvalue weighted by atomic mass is 10.0. The average Bonchev–Trinajstić information content (AvgIpc) is 2.98. The van der Waals surface area contributed by atoms with E-state index in [0.29, 0.717) is 0 Å². The number of benzene rings is 1. The molecule has 0 radical (unpaired) electrons. The van der Waals surface area contributed by atoms with Gasteiger partial charge in [-0.1, -0.05) is 12.1 Å². The van der Waals surface area contributed by atoms with Crippen LogP contribution in [-0.2, 0) is 12.6 Å². The Morgan fingerprint density at radius 2 is 1.75 bits per heavy atom. The van der Waals surface area contributed by atoms with Gasteiger partial charge in [0.2, 0.25) is 0 Å². The van der Waals surface area contributed by atoms with Crippen LogP contribution in [-0.4, -0.2) is 12.6 Å². The number of halogens is 3. The molecule has 0 atom stereocenters. The second kappa shape index (κ2) is 3.77. The molecule has 0 aromatic heterocycles. The maximum absolute atomic E-state index is 12.3. The minimum absolute atomic E-state index is 0.139. The molecular formula is C12H14F3N. The molecule has 0 saturated heterocycles. The number of likely N-dealkylation sites (N-methyl/N-ethyl adjacent to an activating group) is 1. The summed E-state index contributed by atoms with van der Waals surface area (Å²) in [7, 11) is 1.90. The molecule has 0 bridgehead atoms. The highest BCUT2D eigenvalue weighted by atomic mass is 19.4. The highest BCUT2D eigenvalue weighted by Crippen LogP contribution is 2.38. The van der Waals surface area contributed by atoms with E-state index in [1.807, 2.05) is 7.05 Å². The van der Waals surface area contributed by atoms with Crippen molar-refractivity contribution in [2.45, 2.75) is 31.0 Å². The van der Waals surface area contributed by atoms with E-state index in [4.69, 9.17) is 0 Å². The standard InChI is InChI=1S/C12H14F3N/c1-16-11(6-7-11)8-9-2-4-10(5-3-9)12(13,14)15/h2-5,16H,6-8H2,1H3. The molecule has 1 fully saturated rings. The molecule has 0 aliphatic heterocycles. The largest absolute Gasteiger partial charge is 0.416 e. The molecule has 1 nitrogen and oxygen atoms in total.